The lowest BCUT2D eigenvalue weighted by atomic mass is 9.72. The largest absolute Gasteiger partial charge is 0.493 e. The van der Waals surface area contributed by atoms with E-state index < -0.39 is 5.60 Å². The summed E-state index contributed by atoms with van der Waals surface area (Å²) in [6.45, 7) is 5.77. The Labute approximate surface area is 192 Å². The molecule has 1 heterocycles. The van der Waals surface area contributed by atoms with Crippen LogP contribution >= 0.6 is 0 Å². The highest BCUT2D eigenvalue weighted by atomic mass is 19.1. The van der Waals surface area contributed by atoms with Gasteiger partial charge in [-0.15, -0.1) is 0 Å². The van der Waals surface area contributed by atoms with Crippen molar-refractivity contribution in [1.29, 1.82) is 0 Å². The maximum absolute atomic E-state index is 13.0. The maximum atomic E-state index is 13.0. The van der Waals surface area contributed by atoms with E-state index in [-0.39, 0.29) is 11.7 Å². The molecule has 1 N–H and O–H groups in total. The second-order valence-electron chi connectivity index (χ2n) is 9.61. The summed E-state index contributed by atoms with van der Waals surface area (Å²) in [6, 6.07) is 14.9. The van der Waals surface area contributed by atoms with Crippen LogP contribution in [0.3, 0.4) is 0 Å². The monoisotopic (exact) mass is 440 g/mol. The fraction of sp³-hybridized carbons (Fsp3) is 0.556. The third-order valence-electron chi connectivity index (χ3n) is 7.26. The molecule has 0 spiro atoms. The molecule has 0 aromatic heterocycles. The van der Waals surface area contributed by atoms with E-state index in [1.54, 1.807) is 12.1 Å². The highest BCUT2D eigenvalue weighted by Crippen LogP contribution is 2.41. The van der Waals surface area contributed by atoms with Gasteiger partial charge in [0, 0.05) is 45.1 Å². The lowest BCUT2D eigenvalue weighted by Crippen LogP contribution is -2.50. The summed E-state index contributed by atoms with van der Waals surface area (Å²) in [5, 5.41) is 11.6. The summed E-state index contributed by atoms with van der Waals surface area (Å²) in [5.74, 6) is 0.750. The van der Waals surface area contributed by atoms with Gasteiger partial charge in [0.05, 0.1) is 12.2 Å². The van der Waals surface area contributed by atoms with E-state index in [2.05, 4.69) is 29.0 Å². The molecule has 5 heteroatoms. The van der Waals surface area contributed by atoms with Crippen LogP contribution in [0.1, 0.15) is 49.1 Å². The Bertz CT molecular complexity index is 826. The summed E-state index contributed by atoms with van der Waals surface area (Å²) >= 11 is 0. The van der Waals surface area contributed by atoms with Gasteiger partial charge in [-0.2, -0.15) is 0 Å². The molecule has 2 aromatic rings. The summed E-state index contributed by atoms with van der Waals surface area (Å²) < 4.78 is 19.0. The SMILES string of the molecule is CN1CCN(CC(c2ccc(OCCc3ccc(F)cc3)cc2)C2(O)CCCCC2)CC1. The maximum Gasteiger partial charge on any atom is 0.123 e. The van der Waals surface area contributed by atoms with Crippen molar-refractivity contribution in [2.75, 3.05) is 46.4 Å². The van der Waals surface area contributed by atoms with E-state index in [1.807, 2.05) is 12.1 Å². The van der Waals surface area contributed by atoms with Gasteiger partial charge in [0.15, 0.2) is 0 Å². The number of hydrogen-bond donors (Lipinski definition) is 1. The van der Waals surface area contributed by atoms with Crippen LogP contribution in [0.15, 0.2) is 48.5 Å². The van der Waals surface area contributed by atoms with E-state index in [9.17, 15) is 9.50 Å². The molecule has 0 radical (unpaired) electrons. The van der Waals surface area contributed by atoms with Crippen LogP contribution < -0.4 is 4.74 Å². The third kappa shape index (κ3) is 6.09. The first-order valence-corrected chi connectivity index (χ1v) is 12.1. The summed E-state index contributed by atoms with van der Waals surface area (Å²) in [7, 11) is 2.18. The summed E-state index contributed by atoms with van der Waals surface area (Å²) in [5.41, 5.74) is 1.65. The molecular weight excluding hydrogens is 403 g/mol. The van der Waals surface area contributed by atoms with Crippen molar-refractivity contribution in [3.05, 3.63) is 65.5 Å². The van der Waals surface area contributed by atoms with Crippen LogP contribution in [0, 0.1) is 5.82 Å². The van der Waals surface area contributed by atoms with Gasteiger partial charge >= 0.3 is 0 Å². The molecule has 4 nitrogen and oxygen atoms in total. The molecule has 0 bridgehead atoms. The Morgan fingerprint density at radius 1 is 0.938 bits per heavy atom. The van der Waals surface area contributed by atoms with E-state index in [0.717, 1.165) is 76.1 Å². The normalized spacial score (nSPS) is 20.7. The number of rotatable bonds is 8. The van der Waals surface area contributed by atoms with Crippen LogP contribution in [-0.2, 0) is 6.42 Å². The first kappa shape index (κ1) is 23.2. The number of nitrogens with zero attached hydrogens (tertiary/aromatic N) is 2. The number of ether oxygens (including phenoxy) is 1. The van der Waals surface area contributed by atoms with Crippen LogP contribution in [-0.4, -0.2) is 66.9 Å². The van der Waals surface area contributed by atoms with Gasteiger partial charge in [0.25, 0.3) is 0 Å². The molecular formula is C27H37FN2O2. The lowest BCUT2D eigenvalue weighted by Gasteiger charge is -2.43. The van der Waals surface area contributed by atoms with Gasteiger partial charge in [-0.05, 0) is 55.3 Å². The number of likely N-dealkylation sites (N-methyl/N-ethyl adjacent to an activating group) is 1. The minimum absolute atomic E-state index is 0.125. The molecule has 0 amide bonds. The van der Waals surface area contributed by atoms with E-state index in [0.29, 0.717) is 6.61 Å². The lowest BCUT2D eigenvalue weighted by molar-refractivity contribution is -0.0337. The Morgan fingerprint density at radius 3 is 2.25 bits per heavy atom. The minimum Gasteiger partial charge on any atom is -0.493 e. The number of piperazine rings is 1. The standard InChI is InChI=1S/C27H37FN2O2/c1-29-16-18-30(19-17-29)21-26(27(31)14-3-2-4-15-27)23-7-11-25(12-8-23)32-20-13-22-5-9-24(28)10-6-22/h5-12,26,31H,2-4,13-21H2,1H3. The summed E-state index contributed by atoms with van der Waals surface area (Å²) in [6.07, 6.45) is 5.97. The average molecular weight is 441 g/mol. The van der Waals surface area contributed by atoms with Gasteiger partial charge in [0.1, 0.15) is 11.6 Å². The highest BCUT2D eigenvalue weighted by molar-refractivity contribution is 5.32. The van der Waals surface area contributed by atoms with Crippen molar-refractivity contribution in [2.24, 2.45) is 0 Å². The predicted octanol–water partition coefficient (Wildman–Crippen LogP) is 4.47. The fourth-order valence-corrected chi connectivity index (χ4v) is 5.12. The van der Waals surface area contributed by atoms with Crippen LogP contribution in [0.5, 0.6) is 5.75 Å². The topological polar surface area (TPSA) is 35.9 Å². The number of hydrogen-bond acceptors (Lipinski definition) is 4. The first-order chi connectivity index (χ1) is 15.5. The number of aliphatic hydroxyl groups is 1. The summed E-state index contributed by atoms with van der Waals surface area (Å²) in [4.78, 5) is 4.89. The predicted molar refractivity (Wildman–Crippen MR) is 127 cm³/mol. The molecule has 1 atom stereocenters. The smallest absolute Gasteiger partial charge is 0.123 e. The zero-order chi connectivity index (χ0) is 22.4. The van der Waals surface area contributed by atoms with Gasteiger partial charge in [-0.1, -0.05) is 43.5 Å². The third-order valence-corrected chi connectivity index (χ3v) is 7.26. The van der Waals surface area contributed by atoms with Gasteiger partial charge in [-0.3, -0.25) is 0 Å². The molecule has 1 saturated heterocycles. The van der Waals surface area contributed by atoms with Crippen molar-refractivity contribution in [2.45, 2.75) is 50.0 Å². The highest BCUT2D eigenvalue weighted by Gasteiger charge is 2.39. The van der Waals surface area contributed by atoms with Crippen molar-refractivity contribution >= 4 is 0 Å². The molecule has 1 aliphatic carbocycles. The average Bonchev–Trinajstić information content (AvgIpc) is 2.81. The van der Waals surface area contributed by atoms with Gasteiger partial charge in [0.2, 0.25) is 0 Å². The Kier molecular flexibility index (Phi) is 7.82. The molecule has 1 saturated carbocycles. The molecule has 4 rings (SSSR count). The number of benzene rings is 2. The Hall–Kier alpha value is -1.95. The van der Waals surface area contributed by atoms with Crippen LogP contribution in [0.2, 0.25) is 0 Å². The van der Waals surface area contributed by atoms with Crippen LogP contribution in [0.4, 0.5) is 4.39 Å². The van der Waals surface area contributed by atoms with Crippen molar-refractivity contribution in [1.82, 2.24) is 9.80 Å². The zero-order valence-electron chi connectivity index (χ0n) is 19.3. The quantitative estimate of drug-likeness (QED) is 0.657. The second-order valence-corrected chi connectivity index (χ2v) is 9.61. The minimum atomic E-state index is -0.618. The molecule has 174 valence electrons. The molecule has 2 aromatic carbocycles. The van der Waals surface area contributed by atoms with Crippen molar-refractivity contribution in [3.8, 4) is 5.75 Å². The van der Waals surface area contributed by atoms with Gasteiger partial charge in [-0.25, -0.2) is 4.39 Å². The van der Waals surface area contributed by atoms with E-state index >= 15 is 0 Å². The molecule has 2 fully saturated rings. The van der Waals surface area contributed by atoms with E-state index in [1.165, 1.54) is 24.1 Å². The Morgan fingerprint density at radius 2 is 1.59 bits per heavy atom. The van der Waals surface area contributed by atoms with Crippen LogP contribution in [0.25, 0.3) is 0 Å². The first-order valence-electron chi connectivity index (χ1n) is 12.1. The van der Waals surface area contributed by atoms with Crippen molar-refractivity contribution < 1.29 is 14.2 Å². The number of halogens is 1. The zero-order valence-corrected chi connectivity index (χ0v) is 19.3. The molecule has 32 heavy (non-hydrogen) atoms. The van der Waals surface area contributed by atoms with E-state index in [4.69, 9.17) is 4.74 Å². The van der Waals surface area contributed by atoms with Crippen molar-refractivity contribution in [3.63, 3.8) is 0 Å². The second kappa shape index (κ2) is 10.8. The Balaban J connectivity index is 1.40. The van der Waals surface area contributed by atoms with Gasteiger partial charge < -0.3 is 19.6 Å². The molecule has 2 aliphatic rings. The molecule has 1 aliphatic heterocycles. The molecule has 1 unspecified atom stereocenters. The fourth-order valence-electron chi connectivity index (χ4n) is 5.12.